The summed E-state index contributed by atoms with van der Waals surface area (Å²) in [5.41, 5.74) is -0.0761. The molecule has 2 unspecified atom stereocenters. The van der Waals surface area contributed by atoms with E-state index in [2.05, 4.69) is 26.1 Å². The predicted octanol–water partition coefficient (Wildman–Crippen LogP) is 2.89. The summed E-state index contributed by atoms with van der Waals surface area (Å²) in [4.78, 5) is 12.4. The summed E-state index contributed by atoms with van der Waals surface area (Å²) in [6.45, 7) is 9.17. The summed E-state index contributed by atoms with van der Waals surface area (Å²) < 4.78 is 5.35. The van der Waals surface area contributed by atoms with E-state index in [0.717, 1.165) is 19.3 Å². The van der Waals surface area contributed by atoms with Gasteiger partial charge in [-0.1, -0.05) is 20.8 Å². The Balaban J connectivity index is 2.16. The highest BCUT2D eigenvalue weighted by Gasteiger charge is 2.51. The van der Waals surface area contributed by atoms with Gasteiger partial charge in [-0.2, -0.15) is 0 Å². The van der Waals surface area contributed by atoms with Crippen LogP contribution in [0.25, 0.3) is 0 Å². The highest BCUT2D eigenvalue weighted by molar-refractivity contribution is 5.81. The SMILES string of the molecule is CCOC(=O)C1(NC2CC2)CCC(C)(C)CC1C. The quantitative estimate of drug-likeness (QED) is 0.783. The van der Waals surface area contributed by atoms with Gasteiger partial charge in [0.1, 0.15) is 5.54 Å². The minimum absolute atomic E-state index is 0.0279. The van der Waals surface area contributed by atoms with Gasteiger partial charge in [-0.05, 0) is 50.4 Å². The van der Waals surface area contributed by atoms with Gasteiger partial charge in [-0.3, -0.25) is 10.1 Å². The van der Waals surface area contributed by atoms with Crippen LogP contribution in [0.4, 0.5) is 0 Å². The molecule has 0 spiro atoms. The average molecular weight is 253 g/mol. The lowest BCUT2D eigenvalue weighted by Gasteiger charge is -2.47. The monoisotopic (exact) mass is 253 g/mol. The van der Waals surface area contributed by atoms with Crippen LogP contribution in [0.5, 0.6) is 0 Å². The van der Waals surface area contributed by atoms with Crippen LogP contribution in [-0.2, 0) is 9.53 Å². The molecule has 0 aliphatic heterocycles. The molecule has 2 aliphatic rings. The lowest BCUT2D eigenvalue weighted by molar-refractivity contribution is -0.157. The Morgan fingerprint density at radius 3 is 2.50 bits per heavy atom. The zero-order chi connectivity index (χ0) is 13.4. The van der Waals surface area contributed by atoms with Gasteiger partial charge < -0.3 is 4.74 Å². The zero-order valence-corrected chi connectivity index (χ0v) is 12.2. The Bertz CT molecular complexity index is 322. The summed E-state index contributed by atoms with van der Waals surface area (Å²) in [5.74, 6) is 0.320. The van der Waals surface area contributed by atoms with E-state index in [1.165, 1.54) is 12.8 Å². The maximum atomic E-state index is 12.4. The number of hydrogen-bond acceptors (Lipinski definition) is 3. The van der Waals surface area contributed by atoms with Crippen molar-refractivity contribution in [1.82, 2.24) is 5.32 Å². The van der Waals surface area contributed by atoms with Gasteiger partial charge in [0, 0.05) is 6.04 Å². The second kappa shape index (κ2) is 4.84. The van der Waals surface area contributed by atoms with Crippen LogP contribution in [-0.4, -0.2) is 24.2 Å². The van der Waals surface area contributed by atoms with Crippen LogP contribution in [0, 0.1) is 11.3 Å². The third kappa shape index (κ3) is 2.71. The molecule has 2 aliphatic carbocycles. The second-order valence-electron chi connectivity index (χ2n) is 6.88. The fourth-order valence-corrected chi connectivity index (χ4v) is 3.32. The molecule has 2 saturated carbocycles. The van der Waals surface area contributed by atoms with Gasteiger partial charge in [0.05, 0.1) is 6.61 Å². The third-order valence-electron chi connectivity index (χ3n) is 4.57. The van der Waals surface area contributed by atoms with Gasteiger partial charge >= 0.3 is 5.97 Å². The van der Waals surface area contributed by atoms with E-state index in [4.69, 9.17) is 4.74 Å². The largest absolute Gasteiger partial charge is 0.465 e. The van der Waals surface area contributed by atoms with Gasteiger partial charge in [0.2, 0.25) is 0 Å². The highest BCUT2D eigenvalue weighted by Crippen LogP contribution is 2.45. The number of carbonyl (C=O) groups excluding carboxylic acids is 1. The number of nitrogens with one attached hydrogen (secondary N) is 1. The van der Waals surface area contributed by atoms with Crippen LogP contribution in [0.2, 0.25) is 0 Å². The Morgan fingerprint density at radius 2 is 2.00 bits per heavy atom. The Kier molecular flexibility index (Phi) is 3.72. The Morgan fingerprint density at radius 1 is 1.33 bits per heavy atom. The van der Waals surface area contributed by atoms with Crippen molar-refractivity contribution in [2.24, 2.45) is 11.3 Å². The average Bonchev–Trinajstić information content (AvgIpc) is 3.06. The molecule has 0 amide bonds. The first-order valence-electron chi connectivity index (χ1n) is 7.34. The molecular weight excluding hydrogens is 226 g/mol. The molecule has 3 heteroatoms. The maximum Gasteiger partial charge on any atom is 0.326 e. The standard InChI is InChI=1S/C15H27NO2/c1-5-18-13(17)15(16-12-6-7-12)9-8-14(3,4)10-11(15)2/h11-12,16H,5-10H2,1-4H3. The molecule has 0 aromatic rings. The van der Waals surface area contributed by atoms with Crippen molar-refractivity contribution in [2.45, 2.75) is 71.4 Å². The Labute approximate surface area is 111 Å². The van der Waals surface area contributed by atoms with Crippen molar-refractivity contribution in [3.63, 3.8) is 0 Å². The lowest BCUT2D eigenvalue weighted by Crippen LogP contribution is -2.61. The lowest BCUT2D eigenvalue weighted by atomic mass is 9.63. The van der Waals surface area contributed by atoms with E-state index in [-0.39, 0.29) is 5.97 Å². The second-order valence-corrected chi connectivity index (χ2v) is 6.88. The summed E-state index contributed by atoms with van der Waals surface area (Å²) in [5, 5.41) is 3.60. The minimum Gasteiger partial charge on any atom is -0.465 e. The van der Waals surface area contributed by atoms with Crippen molar-refractivity contribution < 1.29 is 9.53 Å². The number of carbonyl (C=O) groups is 1. The van der Waals surface area contributed by atoms with Gasteiger partial charge in [0.15, 0.2) is 0 Å². The molecule has 2 fully saturated rings. The van der Waals surface area contributed by atoms with Crippen molar-refractivity contribution >= 4 is 5.97 Å². The molecule has 2 rings (SSSR count). The molecule has 0 aromatic heterocycles. The maximum absolute atomic E-state index is 12.4. The van der Waals surface area contributed by atoms with E-state index in [1.807, 2.05) is 6.92 Å². The van der Waals surface area contributed by atoms with Crippen LogP contribution in [0.15, 0.2) is 0 Å². The summed E-state index contributed by atoms with van der Waals surface area (Å²) >= 11 is 0. The van der Waals surface area contributed by atoms with E-state index < -0.39 is 5.54 Å². The molecule has 0 radical (unpaired) electrons. The fraction of sp³-hybridized carbons (Fsp3) is 0.933. The Hall–Kier alpha value is -0.570. The van der Waals surface area contributed by atoms with Crippen LogP contribution < -0.4 is 5.32 Å². The third-order valence-corrected chi connectivity index (χ3v) is 4.57. The van der Waals surface area contributed by atoms with E-state index in [9.17, 15) is 4.79 Å². The molecule has 0 saturated heterocycles. The molecule has 104 valence electrons. The molecule has 0 aromatic carbocycles. The summed E-state index contributed by atoms with van der Waals surface area (Å²) in [6, 6.07) is 0.540. The molecule has 0 bridgehead atoms. The predicted molar refractivity (Wildman–Crippen MR) is 72.3 cm³/mol. The number of rotatable bonds is 4. The molecular formula is C15H27NO2. The van der Waals surface area contributed by atoms with Crippen molar-refractivity contribution in [3.8, 4) is 0 Å². The summed E-state index contributed by atoms with van der Waals surface area (Å²) in [6.07, 6.45) is 5.51. The van der Waals surface area contributed by atoms with E-state index in [1.54, 1.807) is 0 Å². The molecule has 3 nitrogen and oxygen atoms in total. The van der Waals surface area contributed by atoms with Crippen LogP contribution >= 0.6 is 0 Å². The molecule has 0 heterocycles. The first-order valence-corrected chi connectivity index (χ1v) is 7.34. The van der Waals surface area contributed by atoms with Gasteiger partial charge in [-0.15, -0.1) is 0 Å². The van der Waals surface area contributed by atoms with Gasteiger partial charge in [-0.25, -0.2) is 0 Å². The minimum atomic E-state index is -0.424. The van der Waals surface area contributed by atoms with Crippen molar-refractivity contribution in [1.29, 1.82) is 0 Å². The normalized spacial score (nSPS) is 35.2. The molecule has 1 N–H and O–H groups in total. The number of ether oxygens (including phenoxy) is 1. The van der Waals surface area contributed by atoms with Crippen LogP contribution in [0.1, 0.15) is 59.8 Å². The molecule has 2 atom stereocenters. The number of esters is 1. The highest BCUT2D eigenvalue weighted by atomic mass is 16.5. The fourth-order valence-electron chi connectivity index (χ4n) is 3.32. The van der Waals surface area contributed by atoms with Gasteiger partial charge in [0.25, 0.3) is 0 Å². The van der Waals surface area contributed by atoms with Crippen molar-refractivity contribution in [3.05, 3.63) is 0 Å². The van der Waals surface area contributed by atoms with E-state index in [0.29, 0.717) is 24.0 Å². The zero-order valence-electron chi connectivity index (χ0n) is 12.2. The van der Waals surface area contributed by atoms with Crippen molar-refractivity contribution in [2.75, 3.05) is 6.61 Å². The smallest absolute Gasteiger partial charge is 0.326 e. The molecule has 18 heavy (non-hydrogen) atoms. The van der Waals surface area contributed by atoms with Crippen LogP contribution in [0.3, 0.4) is 0 Å². The number of hydrogen-bond donors (Lipinski definition) is 1. The first kappa shape index (κ1) is 13.9. The topological polar surface area (TPSA) is 38.3 Å². The summed E-state index contributed by atoms with van der Waals surface area (Å²) in [7, 11) is 0. The van der Waals surface area contributed by atoms with E-state index >= 15 is 0 Å². The first-order chi connectivity index (χ1) is 8.39.